The fraction of sp³-hybridized carbons (Fsp3) is 0.600. The van der Waals surface area contributed by atoms with Crippen LogP contribution in [0.25, 0.3) is 0 Å². The van der Waals surface area contributed by atoms with E-state index >= 15 is 0 Å². The number of amides is 1. The van der Waals surface area contributed by atoms with Gasteiger partial charge in [0.15, 0.2) is 0 Å². The molecule has 15 heavy (non-hydrogen) atoms. The van der Waals surface area contributed by atoms with E-state index in [1.54, 1.807) is 13.0 Å². The van der Waals surface area contributed by atoms with Crippen molar-refractivity contribution in [2.24, 2.45) is 0 Å². The summed E-state index contributed by atoms with van der Waals surface area (Å²) >= 11 is 0. The maximum absolute atomic E-state index is 11.5. The number of hydrogen-bond acceptors (Lipinski definition) is 4. The van der Waals surface area contributed by atoms with Crippen LogP contribution in [0, 0.1) is 0 Å². The van der Waals surface area contributed by atoms with E-state index in [2.05, 4.69) is 6.58 Å². The molecule has 0 spiro atoms. The third-order valence-corrected chi connectivity index (χ3v) is 2.11. The summed E-state index contributed by atoms with van der Waals surface area (Å²) in [6.45, 7) is 6.19. The third kappa shape index (κ3) is 2.71. The van der Waals surface area contributed by atoms with Gasteiger partial charge in [-0.05, 0) is 6.92 Å². The normalized spacial score (nSPS) is 19.5. The first kappa shape index (κ1) is 11.6. The molecule has 1 rings (SSSR count). The zero-order valence-electron chi connectivity index (χ0n) is 8.77. The zero-order chi connectivity index (χ0) is 11.3. The zero-order valence-corrected chi connectivity index (χ0v) is 8.77. The summed E-state index contributed by atoms with van der Waals surface area (Å²) in [5, 5.41) is 0. The van der Waals surface area contributed by atoms with Crippen LogP contribution >= 0.6 is 0 Å². The van der Waals surface area contributed by atoms with Gasteiger partial charge in [-0.15, -0.1) is 6.58 Å². The minimum absolute atomic E-state index is 0.286. The molecule has 0 bridgehead atoms. The topological polar surface area (TPSA) is 55.8 Å². The monoisotopic (exact) mass is 213 g/mol. The second-order valence-corrected chi connectivity index (χ2v) is 3.11. The Morgan fingerprint density at radius 2 is 2.53 bits per heavy atom. The van der Waals surface area contributed by atoms with Crippen molar-refractivity contribution < 1.29 is 19.1 Å². The first-order valence-electron chi connectivity index (χ1n) is 4.91. The Kier molecular flexibility index (Phi) is 4.15. The summed E-state index contributed by atoms with van der Waals surface area (Å²) in [5.74, 6) is -0.370. The van der Waals surface area contributed by atoms with Gasteiger partial charge in [0.2, 0.25) is 0 Å². The number of carbonyl (C=O) groups excluding carboxylic acids is 2. The van der Waals surface area contributed by atoms with Gasteiger partial charge >= 0.3 is 12.1 Å². The molecule has 1 aliphatic rings. The summed E-state index contributed by atoms with van der Waals surface area (Å²) in [6, 6.07) is -0.526. The minimum Gasteiger partial charge on any atom is -0.464 e. The summed E-state index contributed by atoms with van der Waals surface area (Å²) in [4.78, 5) is 24.1. The molecule has 84 valence electrons. The van der Waals surface area contributed by atoms with Crippen molar-refractivity contribution in [2.45, 2.75) is 19.4 Å². The molecule has 0 unspecified atom stereocenters. The molecule has 0 aromatic carbocycles. The highest BCUT2D eigenvalue weighted by Gasteiger charge is 2.35. The second-order valence-electron chi connectivity index (χ2n) is 3.11. The van der Waals surface area contributed by atoms with Crippen molar-refractivity contribution >= 4 is 12.1 Å². The van der Waals surface area contributed by atoms with Gasteiger partial charge in [0, 0.05) is 13.0 Å². The smallest absolute Gasteiger partial charge is 0.410 e. The lowest BCUT2D eigenvalue weighted by Crippen LogP contribution is -2.43. The van der Waals surface area contributed by atoms with E-state index < -0.39 is 12.1 Å². The standard InChI is InChI=1S/C10H15NO4/c1-3-6-11(10(13)14-4-2)8-5-7-15-9(8)12/h3,8H,1,4-7H2,2H3/t8-/m0/s1. The Morgan fingerprint density at radius 3 is 3.00 bits per heavy atom. The highest BCUT2D eigenvalue weighted by Crippen LogP contribution is 2.15. The fourth-order valence-corrected chi connectivity index (χ4v) is 1.44. The number of esters is 1. The Morgan fingerprint density at radius 1 is 1.80 bits per heavy atom. The van der Waals surface area contributed by atoms with Crippen LogP contribution in [0.3, 0.4) is 0 Å². The molecular weight excluding hydrogens is 198 g/mol. The minimum atomic E-state index is -0.526. The van der Waals surface area contributed by atoms with Crippen molar-refractivity contribution in [3.8, 4) is 0 Å². The fourth-order valence-electron chi connectivity index (χ4n) is 1.44. The number of hydrogen-bond donors (Lipinski definition) is 0. The second kappa shape index (κ2) is 5.38. The van der Waals surface area contributed by atoms with Gasteiger partial charge in [-0.3, -0.25) is 4.90 Å². The van der Waals surface area contributed by atoms with Gasteiger partial charge in [-0.1, -0.05) is 6.08 Å². The number of rotatable bonds is 4. The average molecular weight is 213 g/mol. The number of carbonyl (C=O) groups is 2. The largest absolute Gasteiger partial charge is 0.464 e. The van der Waals surface area contributed by atoms with Crippen molar-refractivity contribution in [1.82, 2.24) is 4.90 Å². The molecule has 0 aromatic rings. The van der Waals surface area contributed by atoms with E-state index in [1.807, 2.05) is 0 Å². The molecule has 0 radical (unpaired) electrons. The average Bonchev–Trinajstić information content (AvgIpc) is 2.61. The predicted molar refractivity (Wildman–Crippen MR) is 53.3 cm³/mol. The molecule has 1 saturated heterocycles. The molecule has 0 aromatic heterocycles. The molecule has 1 fully saturated rings. The van der Waals surface area contributed by atoms with Crippen molar-refractivity contribution in [2.75, 3.05) is 19.8 Å². The van der Waals surface area contributed by atoms with Crippen LogP contribution < -0.4 is 0 Å². The van der Waals surface area contributed by atoms with Crippen LogP contribution in [0.4, 0.5) is 4.79 Å². The summed E-state index contributed by atoms with van der Waals surface area (Å²) in [7, 11) is 0. The summed E-state index contributed by atoms with van der Waals surface area (Å²) < 4.78 is 9.65. The molecule has 5 nitrogen and oxygen atoms in total. The van der Waals surface area contributed by atoms with Crippen LogP contribution in [0.2, 0.25) is 0 Å². The Labute approximate surface area is 88.6 Å². The molecule has 1 heterocycles. The molecule has 0 aliphatic carbocycles. The third-order valence-electron chi connectivity index (χ3n) is 2.11. The molecule has 1 atom stereocenters. The lowest BCUT2D eigenvalue weighted by molar-refractivity contribution is -0.141. The molecule has 5 heteroatoms. The van der Waals surface area contributed by atoms with Crippen LogP contribution in [0.5, 0.6) is 0 Å². The highest BCUT2D eigenvalue weighted by atomic mass is 16.6. The van der Waals surface area contributed by atoms with E-state index in [0.29, 0.717) is 19.6 Å². The lowest BCUT2D eigenvalue weighted by atomic mass is 10.2. The van der Waals surface area contributed by atoms with Crippen molar-refractivity contribution in [3.05, 3.63) is 12.7 Å². The van der Waals surface area contributed by atoms with Gasteiger partial charge in [-0.2, -0.15) is 0 Å². The van der Waals surface area contributed by atoms with E-state index in [0.717, 1.165) is 0 Å². The van der Waals surface area contributed by atoms with Gasteiger partial charge < -0.3 is 9.47 Å². The van der Waals surface area contributed by atoms with Gasteiger partial charge in [0.05, 0.1) is 13.2 Å². The lowest BCUT2D eigenvalue weighted by Gasteiger charge is -2.23. The molecule has 0 N–H and O–H groups in total. The van der Waals surface area contributed by atoms with E-state index in [4.69, 9.17) is 9.47 Å². The Hall–Kier alpha value is -1.52. The maximum Gasteiger partial charge on any atom is 0.410 e. The van der Waals surface area contributed by atoms with Crippen LogP contribution in [0.1, 0.15) is 13.3 Å². The summed E-state index contributed by atoms with van der Waals surface area (Å²) in [6.07, 6.45) is 1.58. The van der Waals surface area contributed by atoms with Crippen molar-refractivity contribution in [1.29, 1.82) is 0 Å². The highest BCUT2D eigenvalue weighted by molar-refractivity contribution is 5.82. The maximum atomic E-state index is 11.5. The first-order valence-corrected chi connectivity index (χ1v) is 4.91. The predicted octanol–water partition coefficient (Wildman–Crippen LogP) is 0.946. The number of nitrogens with zero attached hydrogens (tertiary/aromatic N) is 1. The van der Waals surface area contributed by atoms with Gasteiger partial charge in [-0.25, -0.2) is 9.59 Å². The molecule has 1 aliphatic heterocycles. The SMILES string of the molecule is C=CCN(C(=O)OCC)[C@H]1CCOC1=O. The molecule has 1 amide bonds. The quantitative estimate of drug-likeness (QED) is 0.515. The molecular formula is C10H15NO4. The van der Waals surface area contributed by atoms with E-state index in [1.165, 1.54) is 4.90 Å². The van der Waals surface area contributed by atoms with E-state index in [-0.39, 0.29) is 12.6 Å². The van der Waals surface area contributed by atoms with Crippen LogP contribution in [-0.2, 0) is 14.3 Å². The van der Waals surface area contributed by atoms with Crippen LogP contribution in [-0.4, -0.2) is 42.8 Å². The summed E-state index contributed by atoms with van der Waals surface area (Å²) in [5.41, 5.74) is 0. The molecule has 0 saturated carbocycles. The van der Waals surface area contributed by atoms with Gasteiger partial charge in [0.1, 0.15) is 6.04 Å². The van der Waals surface area contributed by atoms with Crippen LogP contribution in [0.15, 0.2) is 12.7 Å². The Balaban J connectivity index is 2.67. The number of ether oxygens (including phenoxy) is 2. The van der Waals surface area contributed by atoms with Crippen molar-refractivity contribution in [3.63, 3.8) is 0 Å². The van der Waals surface area contributed by atoms with Gasteiger partial charge in [0.25, 0.3) is 0 Å². The Bertz CT molecular complexity index is 264. The number of cyclic esters (lactones) is 1. The first-order chi connectivity index (χ1) is 7.20. The van der Waals surface area contributed by atoms with E-state index in [9.17, 15) is 9.59 Å².